The van der Waals surface area contributed by atoms with Crippen LogP contribution in [0.25, 0.3) is 10.2 Å². The highest BCUT2D eigenvalue weighted by molar-refractivity contribution is 7.18. The van der Waals surface area contributed by atoms with E-state index in [2.05, 4.69) is 4.98 Å². The van der Waals surface area contributed by atoms with Gasteiger partial charge in [0.2, 0.25) is 0 Å². The number of thiophene rings is 1. The summed E-state index contributed by atoms with van der Waals surface area (Å²) in [4.78, 5) is 15.8. The Morgan fingerprint density at radius 2 is 2.36 bits per heavy atom. The van der Waals surface area contributed by atoms with Crippen LogP contribution < -0.4 is 5.73 Å². The van der Waals surface area contributed by atoms with Gasteiger partial charge in [0.05, 0.1) is 4.92 Å². The molecule has 5 nitrogen and oxygen atoms in total. The Balaban J connectivity index is 2.80. The quantitative estimate of drug-likeness (QED) is 0.575. The highest BCUT2D eigenvalue weighted by Crippen LogP contribution is 2.33. The molecule has 6 heteroatoms. The number of aromatic nitrogens is 1. The summed E-state index contributed by atoms with van der Waals surface area (Å²) in [6, 6.07) is 1.81. The predicted molar refractivity (Wildman–Crippen MR) is 55.4 cm³/mol. The van der Waals surface area contributed by atoms with E-state index in [0.717, 1.165) is 9.71 Å². The minimum Gasteiger partial charge on any atom is -0.393 e. The van der Waals surface area contributed by atoms with Gasteiger partial charge in [0.15, 0.2) is 0 Å². The standard InChI is InChI=1S/C8H7N3O2S/c1-4-2-5-7(9)6(11(12)13)3-10-8(5)14-4/h2-3H,1H3,(H2,9,10). The summed E-state index contributed by atoms with van der Waals surface area (Å²) in [5.41, 5.74) is 5.73. The fourth-order valence-electron chi connectivity index (χ4n) is 1.26. The number of rotatable bonds is 1. The van der Waals surface area contributed by atoms with Crippen molar-refractivity contribution in [1.29, 1.82) is 0 Å². The minimum absolute atomic E-state index is 0.129. The molecule has 72 valence electrons. The Kier molecular flexibility index (Phi) is 1.85. The first-order chi connectivity index (χ1) is 6.59. The van der Waals surface area contributed by atoms with Crippen molar-refractivity contribution in [2.45, 2.75) is 6.92 Å². The van der Waals surface area contributed by atoms with Gasteiger partial charge in [0.1, 0.15) is 16.7 Å². The summed E-state index contributed by atoms with van der Waals surface area (Å²) in [6.45, 7) is 1.91. The second-order valence-corrected chi connectivity index (χ2v) is 4.12. The van der Waals surface area contributed by atoms with Crippen molar-refractivity contribution in [1.82, 2.24) is 4.98 Å². The van der Waals surface area contributed by atoms with Gasteiger partial charge in [-0.3, -0.25) is 10.1 Å². The van der Waals surface area contributed by atoms with Crippen LogP contribution in [0.2, 0.25) is 0 Å². The lowest BCUT2D eigenvalue weighted by Gasteiger charge is -1.96. The van der Waals surface area contributed by atoms with Gasteiger partial charge < -0.3 is 5.73 Å². The van der Waals surface area contributed by atoms with E-state index in [1.165, 1.54) is 17.5 Å². The lowest BCUT2D eigenvalue weighted by atomic mass is 10.2. The fourth-order valence-corrected chi connectivity index (χ4v) is 2.13. The van der Waals surface area contributed by atoms with E-state index >= 15 is 0 Å². The molecule has 2 aromatic heterocycles. The van der Waals surface area contributed by atoms with Crippen LogP contribution in [0, 0.1) is 17.0 Å². The normalized spacial score (nSPS) is 10.6. The number of hydrogen-bond donors (Lipinski definition) is 1. The maximum atomic E-state index is 10.6. The van der Waals surface area contributed by atoms with Crippen LogP contribution in [0.4, 0.5) is 11.4 Å². The molecular weight excluding hydrogens is 202 g/mol. The Hall–Kier alpha value is -1.69. The lowest BCUT2D eigenvalue weighted by Crippen LogP contribution is -1.96. The average molecular weight is 209 g/mol. The van der Waals surface area contributed by atoms with E-state index < -0.39 is 4.92 Å². The predicted octanol–water partition coefficient (Wildman–Crippen LogP) is 2.10. The van der Waals surface area contributed by atoms with Crippen LogP contribution in [0.5, 0.6) is 0 Å². The number of pyridine rings is 1. The van der Waals surface area contributed by atoms with Crippen molar-refractivity contribution < 1.29 is 4.92 Å². The minimum atomic E-state index is -0.519. The molecule has 0 aromatic carbocycles. The molecule has 2 aromatic rings. The third-order valence-electron chi connectivity index (χ3n) is 1.90. The number of nitrogens with zero attached hydrogens (tertiary/aromatic N) is 2. The van der Waals surface area contributed by atoms with Crippen LogP contribution in [-0.4, -0.2) is 9.91 Å². The van der Waals surface area contributed by atoms with E-state index in [1.807, 2.05) is 13.0 Å². The highest BCUT2D eigenvalue weighted by atomic mass is 32.1. The topological polar surface area (TPSA) is 82.0 Å². The zero-order valence-corrected chi connectivity index (χ0v) is 8.17. The molecule has 2 rings (SSSR count). The molecule has 0 radical (unpaired) electrons. The van der Waals surface area contributed by atoms with E-state index in [9.17, 15) is 10.1 Å². The van der Waals surface area contributed by atoms with Gasteiger partial charge in [0, 0.05) is 10.3 Å². The van der Waals surface area contributed by atoms with Crippen molar-refractivity contribution in [3.8, 4) is 0 Å². The maximum Gasteiger partial charge on any atom is 0.310 e. The lowest BCUT2D eigenvalue weighted by molar-refractivity contribution is -0.384. The number of nitrogens with two attached hydrogens (primary N) is 1. The van der Waals surface area contributed by atoms with Crippen molar-refractivity contribution in [2.24, 2.45) is 0 Å². The number of anilines is 1. The van der Waals surface area contributed by atoms with E-state index in [1.54, 1.807) is 0 Å². The Morgan fingerprint density at radius 1 is 1.64 bits per heavy atom. The highest BCUT2D eigenvalue weighted by Gasteiger charge is 2.16. The molecule has 0 saturated heterocycles. The Bertz CT molecular complexity index is 521. The molecule has 0 spiro atoms. The van der Waals surface area contributed by atoms with Crippen molar-refractivity contribution in [2.75, 3.05) is 5.73 Å². The van der Waals surface area contributed by atoms with Gasteiger partial charge in [0.25, 0.3) is 0 Å². The molecule has 0 aliphatic heterocycles. The maximum absolute atomic E-state index is 10.6. The van der Waals surface area contributed by atoms with Crippen LogP contribution in [0.1, 0.15) is 4.88 Å². The first-order valence-electron chi connectivity index (χ1n) is 3.88. The van der Waals surface area contributed by atoms with Crippen LogP contribution in [-0.2, 0) is 0 Å². The molecule has 0 fully saturated rings. The van der Waals surface area contributed by atoms with Gasteiger partial charge in [-0.25, -0.2) is 4.98 Å². The van der Waals surface area contributed by atoms with Gasteiger partial charge in [-0.2, -0.15) is 0 Å². The molecule has 0 aliphatic rings. The SMILES string of the molecule is Cc1cc2c(N)c([N+](=O)[O-])cnc2s1. The van der Waals surface area contributed by atoms with Gasteiger partial charge in [-0.05, 0) is 13.0 Å². The molecule has 0 atom stereocenters. The number of nitro groups is 1. The first kappa shape index (κ1) is 8.89. The number of hydrogen-bond acceptors (Lipinski definition) is 5. The zero-order valence-electron chi connectivity index (χ0n) is 7.35. The molecule has 0 amide bonds. The molecular formula is C8H7N3O2S. The largest absolute Gasteiger partial charge is 0.393 e. The Morgan fingerprint density at radius 3 is 3.00 bits per heavy atom. The van der Waals surface area contributed by atoms with Crippen molar-refractivity contribution >= 4 is 32.9 Å². The first-order valence-corrected chi connectivity index (χ1v) is 4.70. The number of nitrogen functional groups attached to an aromatic ring is 1. The third-order valence-corrected chi connectivity index (χ3v) is 2.86. The van der Waals surface area contributed by atoms with Crippen LogP contribution in [0.15, 0.2) is 12.3 Å². The van der Waals surface area contributed by atoms with E-state index in [4.69, 9.17) is 5.73 Å². The third kappa shape index (κ3) is 1.20. The summed E-state index contributed by atoms with van der Waals surface area (Å²) in [7, 11) is 0. The molecule has 2 heterocycles. The molecule has 14 heavy (non-hydrogen) atoms. The Labute approximate surface area is 83.3 Å². The van der Waals surface area contributed by atoms with Gasteiger partial charge >= 0.3 is 5.69 Å². The molecule has 2 N–H and O–H groups in total. The molecule has 0 unspecified atom stereocenters. The molecule has 0 bridgehead atoms. The summed E-state index contributed by atoms with van der Waals surface area (Å²) >= 11 is 1.47. The van der Waals surface area contributed by atoms with Crippen LogP contribution in [0.3, 0.4) is 0 Å². The number of fused-ring (bicyclic) bond motifs is 1. The molecule has 0 aliphatic carbocycles. The second-order valence-electron chi connectivity index (χ2n) is 2.89. The van der Waals surface area contributed by atoms with Gasteiger partial charge in [-0.1, -0.05) is 0 Å². The van der Waals surface area contributed by atoms with Crippen LogP contribution >= 0.6 is 11.3 Å². The fraction of sp³-hybridized carbons (Fsp3) is 0.125. The summed E-state index contributed by atoms with van der Waals surface area (Å²) in [5, 5.41) is 11.2. The monoisotopic (exact) mass is 209 g/mol. The average Bonchev–Trinajstić information content (AvgIpc) is 2.46. The van der Waals surface area contributed by atoms with Gasteiger partial charge in [-0.15, -0.1) is 11.3 Å². The summed E-state index contributed by atoms with van der Waals surface area (Å²) < 4.78 is 0. The zero-order chi connectivity index (χ0) is 10.3. The smallest absolute Gasteiger partial charge is 0.310 e. The van der Waals surface area contributed by atoms with E-state index in [-0.39, 0.29) is 11.4 Å². The van der Waals surface area contributed by atoms with Crippen molar-refractivity contribution in [3.05, 3.63) is 27.3 Å². The second kappa shape index (κ2) is 2.91. The number of aryl methyl sites for hydroxylation is 1. The summed E-state index contributed by atoms with van der Waals surface area (Å²) in [5.74, 6) is 0. The summed E-state index contributed by atoms with van der Waals surface area (Å²) in [6.07, 6.45) is 1.20. The van der Waals surface area contributed by atoms with Crippen molar-refractivity contribution in [3.63, 3.8) is 0 Å². The van der Waals surface area contributed by atoms with E-state index in [0.29, 0.717) is 5.39 Å². The molecule has 0 saturated carbocycles.